The molecule has 4 nitrogen and oxygen atoms in total. The molecule has 1 aliphatic carbocycles. The Balaban J connectivity index is 2.19. The fraction of sp³-hybridized carbons (Fsp3) is 0.600. The van der Waals surface area contributed by atoms with Gasteiger partial charge in [-0.15, -0.1) is 0 Å². The van der Waals surface area contributed by atoms with Crippen molar-refractivity contribution in [3.8, 4) is 0 Å². The molecule has 0 radical (unpaired) electrons. The second kappa shape index (κ2) is 8.32. The number of benzene rings is 1. The summed E-state index contributed by atoms with van der Waals surface area (Å²) in [5, 5.41) is 0. The highest BCUT2D eigenvalue weighted by Crippen LogP contribution is 2.45. The molecule has 0 amide bonds. The van der Waals surface area contributed by atoms with E-state index in [0.29, 0.717) is 18.6 Å². The summed E-state index contributed by atoms with van der Waals surface area (Å²) in [7, 11) is 0. The van der Waals surface area contributed by atoms with E-state index in [-0.39, 0.29) is 11.9 Å². The van der Waals surface area contributed by atoms with Gasteiger partial charge in [-0.2, -0.15) is 0 Å². The average Bonchev–Trinajstić information content (AvgIpc) is 2.97. The predicted octanol–water partition coefficient (Wildman–Crippen LogP) is 4.44. The Bertz CT molecular complexity index is 581. The first kappa shape index (κ1) is 18.5. The molecule has 1 saturated carbocycles. The maximum atomic E-state index is 12.6. The molecule has 24 heavy (non-hydrogen) atoms. The molecule has 1 aliphatic rings. The lowest BCUT2D eigenvalue weighted by molar-refractivity contribution is -0.162. The van der Waals surface area contributed by atoms with E-state index in [1.807, 2.05) is 32.0 Å². The average molecular weight is 332 g/mol. The number of rotatable bonds is 7. The van der Waals surface area contributed by atoms with Gasteiger partial charge in [0.15, 0.2) is 0 Å². The minimum atomic E-state index is -0.675. The van der Waals surface area contributed by atoms with Crippen molar-refractivity contribution in [1.82, 2.24) is 0 Å². The van der Waals surface area contributed by atoms with E-state index in [4.69, 9.17) is 9.47 Å². The van der Waals surface area contributed by atoms with Crippen molar-refractivity contribution in [3.05, 3.63) is 35.4 Å². The topological polar surface area (TPSA) is 52.6 Å². The van der Waals surface area contributed by atoms with E-state index in [2.05, 4.69) is 6.92 Å². The fourth-order valence-electron chi connectivity index (χ4n) is 3.57. The van der Waals surface area contributed by atoms with Crippen molar-refractivity contribution in [1.29, 1.82) is 0 Å². The van der Waals surface area contributed by atoms with Gasteiger partial charge < -0.3 is 9.47 Å². The molecule has 2 unspecified atom stereocenters. The molecular weight excluding hydrogens is 304 g/mol. The third-order valence-corrected chi connectivity index (χ3v) is 4.87. The summed E-state index contributed by atoms with van der Waals surface area (Å²) < 4.78 is 11.1. The van der Waals surface area contributed by atoms with Crippen LogP contribution >= 0.6 is 0 Å². The largest absolute Gasteiger partial charge is 0.465 e. The van der Waals surface area contributed by atoms with Crippen LogP contribution in [0.3, 0.4) is 0 Å². The highest BCUT2D eigenvalue weighted by molar-refractivity contribution is 5.90. The lowest BCUT2D eigenvalue weighted by Crippen LogP contribution is -2.42. The molecule has 0 aromatic heterocycles. The van der Waals surface area contributed by atoms with Gasteiger partial charge in [0, 0.05) is 0 Å². The smallest absolute Gasteiger partial charge is 0.338 e. The van der Waals surface area contributed by atoms with Crippen molar-refractivity contribution in [2.75, 3.05) is 6.61 Å². The summed E-state index contributed by atoms with van der Waals surface area (Å²) in [5.41, 5.74) is 0.875. The van der Waals surface area contributed by atoms with E-state index in [9.17, 15) is 9.59 Å². The summed E-state index contributed by atoms with van der Waals surface area (Å²) in [6.45, 7) is 6.21. The summed E-state index contributed by atoms with van der Waals surface area (Å²) >= 11 is 0. The van der Waals surface area contributed by atoms with Gasteiger partial charge in [-0.3, -0.25) is 4.79 Å². The highest BCUT2D eigenvalue weighted by Gasteiger charge is 2.51. The number of aryl methyl sites for hydroxylation is 1. The number of esters is 2. The minimum absolute atomic E-state index is 0.210. The van der Waals surface area contributed by atoms with Crippen molar-refractivity contribution in [2.45, 2.75) is 65.4 Å². The summed E-state index contributed by atoms with van der Waals surface area (Å²) in [6, 6.07) is 7.35. The van der Waals surface area contributed by atoms with E-state index >= 15 is 0 Å². The zero-order valence-corrected chi connectivity index (χ0v) is 15.0. The molecule has 2 atom stereocenters. The second-order valence-electron chi connectivity index (χ2n) is 6.64. The first-order chi connectivity index (χ1) is 11.5. The van der Waals surface area contributed by atoms with Crippen LogP contribution in [0.5, 0.6) is 0 Å². The van der Waals surface area contributed by atoms with E-state index in [1.54, 1.807) is 6.07 Å². The van der Waals surface area contributed by atoms with Crippen LogP contribution in [0.25, 0.3) is 0 Å². The Morgan fingerprint density at radius 3 is 2.75 bits per heavy atom. The molecule has 0 spiro atoms. The first-order valence-corrected chi connectivity index (χ1v) is 8.98. The molecular formula is C20H28O4. The normalized spacial score (nSPS) is 23.0. The van der Waals surface area contributed by atoms with Gasteiger partial charge >= 0.3 is 11.9 Å². The number of carbonyl (C=O) groups is 2. The van der Waals surface area contributed by atoms with Crippen LogP contribution in [0, 0.1) is 12.3 Å². The van der Waals surface area contributed by atoms with Crippen molar-refractivity contribution in [3.63, 3.8) is 0 Å². The minimum Gasteiger partial charge on any atom is -0.465 e. The molecule has 0 heterocycles. The SMILES string of the molecule is CCCCC1(C(=O)OCC)CCCC1OC(=O)c1cccc(C)c1. The maximum Gasteiger partial charge on any atom is 0.338 e. The quantitative estimate of drug-likeness (QED) is 0.693. The van der Waals surface area contributed by atoms with Gasteiger partial charge in [0.05, 0.1) is 12.2 Å². The molecule has 1 aromatic rings. The number of ether oxygens (including phenoxy) is 2. The Hall–Kier alpha value is -1.84. The summed E-state index contributed by atoms with van der Waals surface area (Å²) in [6.07, 6.45) is 4.59. The van der Waals surface area contributed by atoms with Crippen LogP contribution < -0.4 is 0 Å². The number of carbonyl (C=O) groups excluding carboxylic acids is 2. The van der Waals surface area contributed by atoms with Crippen LogP contribution in [-0.2, 0) is 14.3 Å². The van der Waals surface area contributed by atoms with Crippen LogP contribution in [-0.4, -0.2) is 24.6 Å². The Labute approximate surface area is 144 Å². The van der Waals surface area contributed by atoms with E-state index < -0.39 is 11.5 Å². The van der Waals surface area contributed by atoms with Gasteiger partial charge in [0.1, 0.15) is 11.5 Å². The van der Waals surface area contributed by atoms with E-state index in [0.717, 1.165) is 37.7 Å². The first-order valence-electron chi connectivity index (χ1n) is 8.98. The molecule has 1 fully saturated rings. The molecule has 1 aromatic carbocycles. The van der Waals surface area contributed by atoms with Gasteiger partial charge in [-0.05, 0) is 51.7 Å². The number of unbranched alkanes of at least 4 members (excludes halogenated alkanes) is 1. The van der Waals surface area contributed by atoms with Crippen molar-refractivity contribution in [2.24, 2.45) is 5.41 Å². The molecule has 4 heteroatoms. The van der Waals surface area contributed by atoms with Crippen LogP contribution in [0.1, 0.15) is 68.3 Å². The van der Waals surface area contributed by atoms with Crippen molar-refractivity contribution < 1.29 is 19.1 Å². The lowest BCUT2D eigenvalue weighted by Gasteiger charge is -2.32. The molecule has 132 valence electrons. The third-order valence-electron chi connectivity index (χ3n) is 4.87. The molecule has 0 aliphatic heterocycles. The number of hydrogen-bond acceptors (Lipinski definition) is 4. The standard InChI is InChI=1S/C20H28O4/c1-4-6-12-20(19(22)23-5-2)13-8-11-17(20)24-18(21)16-10-7-9-15(3)14-16/h7,9-10,14,17H,4-6,8,11-13H2,1-3H3. The fourth-order valence-corrected chi connectivity index (χ4v) is 3.57. The number of hydrogen-bond donors (Lipinski definition) is 0. The van der Waals surface area contributed by atoms with E-state index in [1.165, 1.54) is 0 Å². The van der Waals surface area contributed by atoms with Crippen LogP contribution in [0.2, 0.25) is 0 Å². The highest BCUT2D eigenvalue weighted by atomic mass is 16.6. The Morgan fingerprint density at radius 2 is 2.08 bits per heavy atom. The van der Waals surface area contributed by atoms with Gasteiger partial charge in [0.25, 0.3) is 0 Å². The Morgan fingerprint density at radius 1 is 1.29 bits per heavy atom. The maximum absolute atomic E-state index is 12.6. The van der Waals surface area contributed by atoms with Gasteiger partial charge in [0.2, 0.25) is 0 Å². The van der Waals surface area contributed by atoms with Crippen LogP contribution in [0.4, 0.5) is 0 Å². The van der Waals surface area contributed by atoms with Gasteiger partial charge in [-0.25, -0.2) is 4.79 Å². The predicted molar refractivity (Wildman–Crippen MR) is 92.8 cm³/mol. The molecule has 2 rings (SSSR count). The molecule has 0 N–H and O–H groups in total. The van der Waals surface area contributed by atoms with Gasteiger partial charge in [-0.1, -0.05) is 37.5 Å². The molecule has 0 saturated heterocycles. The van der Waals surface area contributed by atoms with Crippen LogP contribution in [0.15, 0.2) is 24.3 Å². The van der Waals surface area contributed by atoms with Crippen molar-refractivity contribution >= 4 is 11.9 Å². The summed E-state index contributed by atoms with van der Waals surface area (Å²) in [4.78, 5) is 25.2. The zero-order valence-electron chi connectivity index (χ0n) is 15.0. The zero-order chi connectivity index (χ0) is 17.6. The summed E-state index contributed by atoms with van der Waals surface area (Å²) in [5.74, 6) is -0.561. The lowest BCUT2D eigenvalue weighted by atomic mass is 9.79. The molecule has 0 bridgehead atoms. The second-order valence-corrected chi connectivity index (χ2v) is 6.64. The Kier molecular flexibility index (Phi) is 6.41. The third kappa shape index (κ3) is 3.97. The monoisotopic (exact) mass is 332 g/mol.